The maximum atomic E-state index is 13.5. The molecule has 1 aliphatic rings. The van der Waals surface area contributed by atoms with Crippen LogP contribution in [0.3, 0.4) is 0 Å². The summed E-state index contributed by atoms with van der Waals surface area (Å²) in [5.74, 6) is 0.128. The van der Waals surface area contributed by atoms with E-state index in [1.807, 2.05) is 49.4 Å². The molecule has 0 fully saturated rings. The SMILES string of the molecule is CCCCS(=O)(=O)N1Cc2cc(C#N)ccc2N(Cc2cnc[nH]2)C[C@H]1Cc1ccccc1.Cl. The molecule has 180 valence electrons. The van der Waals surface area contributed by atoms with E-state index >= 15 is 0 Å². The number of anilines is 1. The molecule has 0 unspecified atom stereocenters. The van der Waals surface area contributed by atoms with E-state index in [2.05, 4.69) is 20.9 Å². The highest BCUT2D eigenvalue weighted by Crippen LogP contribution is 2.32. The molecule has 1 atom stereocenters. The smallest absolute Gasteiger partial charge is 0.214 e. The molecule has 0 spiro atoms. The number of nitrogens with zero attached hydrogens (tertiary/aromatic N) is 4. The minimum atomic E-state index is -3.48. The Morgan fingerprint density at radius 2 is 2.00 bits per heavy atom. The van der Waals surface area contributed by atoms with E-state index in [1.54, 1.807) is 22.9 Å². The second kappa shape index (κ2) is 11.5. The first kappa shape index (κ1) is 25.8. The van der Waals surface area contributed by atoms with Crippen LogP contribution in [0.25, 0.3) is 0 Å². The number of rotatable bonds is 8. The first-order valence-electron chi connectivity index (χ1n) is 11.3. The van der Waals surface area contributed by atoms with Crippen molar-refractivity contribution in [3.8, 4) is 6.07 Å². The number of nitrogens with one attached hydrogen (secondary N) is 1. The number of fused-ring (bicyclic) bond motifs is 1. The quantitative estimate of drug-likeness (QED) is 0.499. The lowest BCUT2D eigenvalue weighted by atomic mass is 10.1. The molecule has 2 aromatic carbocycles. The predicted octanol–water partition coefficient (Wildman–Crippen LogP) is 4.27. The van der Waals surface area contributed by atoms with Crippen LogP contribution >= 0.6 is 12.4 Å². The summed E-state index contributed by atoms with van der Waals surface area (Å²) in [6.07, 6.45) is 5.49. The summed E-state index contributed by atoms with van der Waals surface area (Å²) in [6.45, 7) is 3.37. The normalized spacial score (nSPS) is 16.2. The summed E-state index contributed by atoms with van der Waals surface area (Å²) in [5.41, 5.74) is 4.39. The number of sulfonamides is 1. The van der Waals surface area contributed by atoms with Crippen molar-refractivity contribution in [2.75, 3.05) is 17.2 Å². The number of H-pyrrole nitrogens is 1. The highest BCUT2D eigenvalue weighted by atomic mass is 35.5. The number of benzene rings is 2. The van der Waals surface area contributed by atoms with Crippen LogP contribution in [0.5, 0.6) is 0 Å². The average Bonchev–Trinajstić information content (AvgIpc) is 3.28. The fourth-order valence-electron chi connectivity index (χ4n) is 4.38. The molecule has 0 amide bonds. The van der Waals surface area contributed by atoms with Crippen LogP contribution in [-0.4, -0.2) is 41.0 Å². The number of aromatic amines is 1. The molecular formula is C25H30ClN5O2S. The number of hydrogen-bond donors (Lipinski definition) is 1. The lowest BCUT2D eigenvalue weighted by Crippen LogP contribution is -2.46. The highest BCUT2D eigenvalue weighted by molar-refractivity contribution is 7.89. The van der Waals surface area contributed by atoms with Crippen molar-refractivity contribution < 1.29 is 8.42 Å². The van der Waals surface area contributed by atoms with E-state index in [-0.39, 0.29) is 30.7 Å². The zero-order valence-corrected chi connectivity index (χ0v) is 20.9. The van der Waals surface area contributed by atoms with E-state index in [4.69, 9.17) is 0 Å². The molecule has 9 heteroatoms. The second-order valence-electron chi connectivity index (χ2n) is 8.47. The first-order valence-corrected chi connectivity index (χ1v) is 12.9. The van der Waals surface area contributed by atoms with Gasteiger partial charge in [-0.05, 0) is 42.2 Å². The summed E-state index contributed by atoms with van der Waals surface area (Å²) >= 11 is 0. The Balaban J connectivity index is 0.00000324. The van der Waals surface area contributed by atoms with E-state index < -0.39 is 10.0 Å². The van der Waals surface area contributed by atoms with Gasteiger partial charge in [0.15, 0.2) is 0 Å². The summed E-state index contributed by atoms with van der Waals surface area (Å²) < 4.78 is 28.7. The van der Waals surface area contributed by atoms with Crippen molar-refractivity contribution in [3.63, 3.8) is 0 Å². The number of hydrogen-bond acceptors (Lipinski definition) is 5. The monoisotopic (exact) mass is 499 g/mol. The third-order valence-electron chi connectivity index (χ3n) is 6.06. The molecule has 0 saturated heterocycles. The number of aromatic nitrogens is 2. The van der Waals surface area contributed by atoms with Gasteiger partial charge in [0.1, 0.15) is 0 Å². The molecule has 1 aromatic heterocycles. The Kier molecular flexibility index (Phi) is 8.72. The minimum Gasteiger partial charge on any atom is -0.364 e. The Hall–Kier alpha value is -2.86. The maximum Gasteiger partial charge on any atom is 0.214 e. The zero-order chi connectivity index (χ0) is 23.3. The van der Waals surface area contributed by atoms with Crippen LogP contribution in [-0.2, 0) is 29.5 Å². The number of nitriles is 1. The van der Waals surface area contributed by atoms with Crippen molar-refractivity contribution in [1.82, 2.24) is 14.3 Å². The average molecular weight is 500 g/mol. The summed E-state index contributed by atoms with van der Waals surface area (Å²) in [7, 11) is -3.48. The first-order chi connectivity index (χ1) is 16.0. The molecule has 0 bridgehead atoms. The van der Waals surface area contributed by atoms with E-state index in [0.717, 1.165) is 28.9 Å². The predicted molar refractivity (Wildman–Crippen MR) is 136 cm³/mol. The van der Waals surface area contributed by atoms with Gasteiger partial charge < -0.3 is 9.88 Å². The van der Waals surface area contributed by atoms with Crippen molar-refractivity contribution in [1.29, 1.82) is 5.26 Å². The summed E-state index contributed by atoms with van der Waals surface area (Å²) in [4.78, 5) is 9.49. The molecule has 34 heavy (non-hydrogen) atoms. The van der Waals surface area contributed by atoms with Crippen LogP contribution < -0.4 is 4.90 Å². The molecule has 1 N–H and O–H groups in total. The molecule has 0 radical (unpaired) electrons. The number of halogens is 1. The summed E-state index contributed by atoms with van der Waals surface area (Å²) in [5, 5.41) is 9.46. The van der Waals surface area contributed by atoms with E-state index in [0.29, 0.717) is 31.5 Å². The Morgan fingerprint density at radius 1 is 1.21 bits per heavy atom. The third-order valence-corrected chi connectivity index (χ3v) is 8.00. The molecular weight excluding hydrogens is 470 g/mol. The van der Waals surface area contributed by atoms with Crippen LogP contribution in [0.15, 0.2) is 61.1 Å². The fourth-order valence-corrected chi connectivity index (χ4v) is 6.20. The van der Waals surface area contributed by atoms with Crippen molar-refractivity contribution >= 4 is 28.1 Å². The van der Waals surface area contributed by atoms with Crippen molar-refractivity contribution in [2.24, 2.45) is 0 Å². The van der Waals surface area contributed by atoms with Gasteiger partial charge in [0, 0.05) is 31.0 Å². The molecule has 3 aromatic rings. The van der Waals surface area contributed by atoms with Crippen LogP contribution in [0.1, 0.15) is 42.1 Å². The molecule has 4 rings (SSSR count). The number of imidazole rings is 1. The van der Waals surface area contributed by atoms with Gasteiger partial charge in [-0.2, -0.15) is 9.57 Å². The van der Waals surface area contributed by atoms with Gasteiger partial charge in [-0.25, -0.2) is 13.4 Å². The molecule has 2 heterocycles. The zero-order valence-electron chi connectivity index (χ0n) is 19.2. The van der Waals surface area contributed by atoms with Gasteiger partial charge in [-0.1, -0.05) is 43.7 Å². The van der Waals surface area contributed by atoms with Gasteiger partial charge in [-0.3, -0.25) is 0 Å². The Labute approximate surface area is 207 Å². The van der Waals surface area contributed by atoms with Gasteiger partial charge in [0.2, 0.25) is 10.0 Å². The van der Waals surface area contributed by atoms with E-state index in [9.17, 15) is 13.7 Å². The second-order valence-corrected chi connectivity index (χ2v) is 10.5. The van der Waals surface area contributed by atoms with E-state index in [1.165, 1.54) is 0 Å². The Bertz CT molecular complexity index is 1210. The highest BCUT2D eigenvalue weighted by Gasteiger charge is 2.35. The van der Waals surface area contributed by atoms with Crippen molar-refractivity contribution in [2.45, 2.75) is 45.3 Å². The minimum absolute atomic E-state index is 0. The molecule has 0 aliphatic carbocycles. The maximum absolute atomic E-state index is 13.5. The Morgan fingerprint density at radius 3 is 2.68 bits per heavy atom. The molecule has 7 nitrogen and oxygen atoms in total. The lowest BCUT2D eigenvalue weighted by Gasteiger charge is -2.32. The third kappa shape index (κ3) is 5.98. The molecule has 1 aliphatic heterocycles. The topological polar surface area (TPSA) is 93.1 Å². The van der Waals surface area contributed by atoms with Crippen LogP contribution in [0.4, 0.5) is 5.69 Å². The molecule has 0 saturated carbocycles. The van der Waals surface area contributed by atoms with Crippen LogP contribution in [0.2, 0.25) is 0 Å². The fraction of sp³-hybridized carbons (Fsp3) is 0.360. The van der Waals surface area contributed by atoms with Gasteiger partial charge in [0.05, 0.1) is 36.0 Å². The van der Waals surface area contributed by atoms with Gasteiger partial charge in [0.25, 0.3) is 0 Å². The largest absolute Gasteiger partial charge is 0.364 e. The standard InChI is InChI=1S/C25H29N5O2S.ClH/c1-2-3-11-33(31,32)30-16-22-12-21(14-26)9-10-25(22)29(17-23-15-27-19-28-23)18-24(30)13-20-7-5-4-6-8-20;/h4-10,12,15,19,24H,2-3,11,13,16-18H2,1H3,(H,27,28);1H/t24-;/m1./s1. The van der Waals surface area contributed by atoms with Gasteiger partial charge >= 0.3 is 0 Å². The van der Waals surface area contributed by atoms with Crippen molar-refractivity contribution in [3.05, 3.63) is 83.4 Å². The lowest BCUT2D eigenvalue weighted by molar-refractivity contribution is 0.317. The van der Waals surface area contributed by atoms with Gasteiger partial charge in [-0.15, -0.1) is 12.4 Å². The summed E-state index contributed by atoms with van der Waals surface area (Å²) in [6, 6.07) is 17.5. The van der Waals surface area contributed by atoms with Crippen LogP contribution in [0, 0.1) is 11.3 Å². The number of unbranched alkanes of at least 4 members (excludes halogenated alkanes) is 1.